The van der Waals surface area contributed by atoms with Crippen LogP contribution in [-0.4, -0.2) is 51.7 Å². The maximum absolute atomic E-state index is 13.3. The summed E-state index contributed by atoms with van der Waals surface area (Å²) in [7, 11) is -2.77. The van der Waals surface area contributed by atoms with Gasteiger partial charge in [0.2, 0.25) is 10.0 Å². The third-order valence-corrected chi connectivity index (χ3v) is 7.97. The van der Waals surface area contributed by atoms with Crippen LogP contribution in [0.5, 0.6) is 0 Å². The summed E-state index contributed by atoms with van der Waals surface area (Å²) in [6.45, 7) is -0.0727. The fourth-order valence-corrected chi connectivity index (χ4v) is 6.82. The minimum atomic E-state index is -4.79. The van der Waals surface area contributed by atoms with Crippen molar-refractivity contribution in [3.05, 3.63) is 29.3 Å². The number of benzene rings is 1. The molecule has 8 nitrogen and oxygen atoms in total. The number of anilines is 1. The van der Waals surface area contributed by atoms with Crippen LogP contribution in [0.15, 0.2) is 18.2 Å². The number of nitrogens with one attached hydrogen (secondary N) is 1. The first-order chi connectivity index (χ1) is 13.6. The number of nitrogens with zero attached hydrogens (tertiary/aromatic N) is 2. The largest absolute Gasteiger partial charge is 0.453 e. The van der Waals surface area contributed by atoms with Gasteiger partial charge in [-0.1, -0.05) is 0 Å². The normalized spacial score (nSPS) is 32.0. The van der Waals surface area contributed by atoms with Crippen LogP contribution in [0.4, 0.5) is 23.7 Å². The van der Waals surface area contributed by atoms with Crippen molar-refractivity contribution in [2.24, 2.45) is 5.92 Å². The first-order valence-corrected chi connectivity index (χ1v) is 10.2. The minimum absolute atomic E-state index is 0.0727. The second kappa shape index (κ2) is 6.50. The molecule has 3 fully saturated rings. The summed E-state index contributed by atoms with van der Waals surface area (Å²) in [5.41, 5.74) is -1.92. The molecule has 1 aromatic carbocycles. The fourth-order valence-electron chi connectivity index (χ4n) is 4.50. The molecule has 1 N–H and O–H groups in total. The number of alkyl halides is 3. The lowest BCUT2D eigenvalue weighted by molar-refractivity contribution is -0.137. The molecule has 0 radical (unpaired) electrons. The molecule has 12 heteroatoms. The molecule has 0 unspecified atom stereocenters. The van der Waals surface area contributed by atoms with Crippen LogP contribution in [-0.2, 0) is 25.7 Å². The van der Waals surface area contributed by atoms with Crippen molar-refractivity contribution in [3.63, 3.8) is 0 Å². The molecular weight excluding hydrogens is 415 g/mol. The van der Waals surface area contributed by atoms with Crippen molar-refractivity contribution >= 4 is 21.8 Å². The molecule has 3 aliphatic rings. The topological polar surface area (TPSA) is 109 Å². The zero-order chi connectivity index (χ0) is 21.1. The Balaban J connectivity index is 1.66. The lowest BCUT2D eigenvalue weighted by atomic mass is 9.85. The van der Waals surface area contributed by atoms with Crippen molar-refractivity contribution in [3.8, 4) is 6.07 Å². The van der Waals surface area contributed by atoms with Gasteiger partial charge < -0.3 is 14.8 Å². The molecule has 0 aliphatic carbocycles. The van der Waals surface area contributed by atoms with Crippen LogP contribution in [0.2, 0.25) is 0 Å². The Morgan fingerprint density at radius 1 is 1.41 bits per heavy atom. The van der Waals surface area contributed by atoms with E-state index in [4.69, 9.17) is 10.00 Å². The van der Waals surface area contributed by atoms with E-state index < -0.39 is 62.8 Å². The second-order valence-corrected chi connectivity index (χ2v) is 9.18. The summed E-state index contributed by atoms with van der Waals surface area (Å²) in [6.07, 6.45) is -6.43. The summed E-state index contributed by atoms with van der Waals surface area (Å²) < 4.78 is 77.2. The molecular formula is C17H16F3N3O5S. The molecule has 5 atom stereocenters. The molecule has 0 spiro atoms. The molecule has 3 aliphatic heterocycles. The highest BCUT2D eigenvalue weighted by atomic mass is 32.2. The van der Waals surface area contributed by atoms with Gasteiger partial charge in [-0.05, 0) is 24.6 Å². The lowest BCUT2D eigenvalue weighted by Gasteiger charge is -2.25. The van der Waals surface area contributed by atoms with E-state index >= 15 is 0 Å². The number of amides is 1. The number of halogens is 3. The van der Waals surface area contributed by atoms with Gasteiger partial charge in [0.1, 0.15) is 5.25 Å². The number of ether oxygens (including phenoxy) is 2. The summed E-state index contributed by atoms with van der Waals surface area (Å²) in [5, 5.41) is 10.6. The van der Waals surface area contributed by atoms with E-state index in [9.17, 15) is 26.4 Å². The Morgan fingerprint density at radius 2 is 2.14 bits per heavy atom. The van der Waals surface area contributed by atoms with E-state index in [0.717, 1.165) is 10.4 Å². The molecule has 29 heavy (non-hydrogen) atoms. The number of hydrogen-bond acceptors (Lipinski definition) is 6. The Hall–Kier alpha value is -2.52. The number of rotatable bonds is 2. The van der Waals surface area contributed by atoms with Gasteiger partial charge in [-0.3, -0.25) is 4.31 Å². The van der Waals surface area contributed by atoms with Crippen LogP contribution in [0, 0.1) is 17.2 Å². The number of carbonyl (C=O) groups is 1. The standard InChI is InChI=1S/C17H16F3N3O5S/c1-27-16(24)22-12-5-13-15-10(14(12)28-13)7-23(29(15,25)26)9-3-2-8(6-21)11(4-9)17(18,19)20/h2-4,10,12-15H,5,7H2,1H3,(H,22,24)/t10-,12+,13-,14+,15-/m1/s1. The molecule has 3 heterocycles. The van der Waals surface area contributed by atoms with Gasteiger partial charge in [0.25, 0.3) is 0 Å². The van der Waals surface area contributed by atoms with Crippen LogP contribution >= 0.6 is 0 Å². The first-order valence-electron chi connectivity index (χ1n) is 8.70. The Labute approximate surface area is 164 Å². The maximum Gasteiger partial charge on any atom is 0.417 e. The lowest BCUT2D eigenvalue weighted by Crippen LogP contribution is -2.48. The number of alkyl carbamates (subject to hydrolysis) is 1. The summed E-state index contributed by atoms with van der Waals surface area (Å²) in [5.74, 6) is -0.508. The highest BCUT2D eigenvalue weighted by Gasteiger charge is 2.64. The van der Waals surface area contributed by atoms with Crippen LogP contribution in [0.1, 0.15) is 17.5 Å². The molecule has 0 aromatic heterocycles. The number of fused-ring (bicyclic) bond motifs is 5. The fraction of sp³-hybridized carbons (Fsp3) is 0.529. The van der Waals surface area contributed by atoms with E-state index in [1.54, 1.807) is 0 Å². The number of nitriles is 1. The summed E-state index contributed by atoms with van der Waals surface area (Å²) in [4.78, 5) is 11.5. The van der Waals surface area contributed by atoms with Gasteiger partial charge >= 0.3 is 12.3 Å². The number of sulfonamides is 1. The first kappa shape index (κ1) is 19.8. The SMILES string of the molecule is COC(=O)N[C@H]1C[C@H]2O[C@H]1[C@H]1CN(c3ccc(C#N)c(C(F)(F)F)c3)S(=O)(=O)[C@H]12. The quantitative estimate of drug-likeness (QED) is 0.762. The van der Waals surface area contributed by atoms with E-state index in [2.05, 4.69) is 10.1 Å². The van der Waals surface area contributed by atoms with Crippen molar-refractivity contribution in [2.45, 2.75) is 36.1 Å². The predicted octanol–water partition coefficient (Wildman–Crippen LogP) is 1.61. The third-order valence-electron chi connectivity index (χ3n) is 5.66. The van der Waals surface area contributed by atoms with Crippen molar-refractivity contribution in [2.75, 3.05) is 18.0 Å². The van der Waals surface area contributed by atoms with Gasteiger partial charge in [-0.15, -0.1) is 0 Å². The molecule has 1 aromatic rings. The van der Waals surface area contributed by atoms with Gasteiger partial charge in [0.15, 0.2) is 0 Å². The van der Waals surface area contributed by atoms with Crippen molar-refractivity contribution < 1.29 is 35.9 Å². The zero-order valence-corrected chi connectivity index (χ0v) is 15.8. The van der Waals surface area contributed by atoms with E-state index in [1.165, 1.54) is 19.2 Å². The van der Waals surface area contributed by atoms with Crippen molar-refractivity contribution in [1.29, 1.82) is 5.26 Å². The number of carbonyl (C=O) groups excluding carboxylic acids is 1. The Morgan fingerprint density at radius 3 is 2.76 bits per heavy atom. The molecule has 2 bridgehead atoms. The molecule has 0 saturated carbocycles. The van der Waals surface area contributed by atoms with Gasteiger partial charge in [-0.25, -0.2) is 13.2 Å². The van der Waals surface area contributed by atoms with Gasteiger partial charge in [0.05, 0.1) is 48.2 Å². The van der Waals surface area contributed by atoms with Crippen LogP contribution in [0.3, 0.4) is 0 Å². The zero-order valence-electron chi connectivity index (χ0n) is 15.0. The number of hydrogen-bond donors (Lipinski definition) is 1. The van der Waals surface area contributed by atoms with E-state index in [0.29, 0.717) is 6.07 Å². The summed E-state index contributed by atoms with van der Waals surface area (Å²) in [6, 6.07) is 3.88. The molecule has 1 amide bonds. The second-order valence-electron chi connectivity index (χ2n) is 7.16. The van der Waals surface area contributed by atoms with Crippen LogP contribution in [0.25, 0.3) is 0 Å². The molecule has 3 saturated heterocycles. The van der Waals surface area contributed by atoms with Gasteiger partial charge in [-0.2, -0.15) is 18.4 Å². The maximum atomic E-state index is 13.3. The smallest absolute Gasteiger partial charge is 0.417 e. The average Bonchev–Trinajstić information content (AvgIpc) is 3.30. The van der Waals surface area contributed by atoms with Crippen LogP contribution < -0.4 is 9.62 Å². The average molecular weight is 431 g/mol. The van der Waals surface area contributed by atoms with E-state index in [-0.39, 0.29) is 18.7 Å². The Bertz CT molecular complexity index is 1010. The highest BCUT2D eigenvalue weighted by molar-refractivity contribution is 7.93. The van der Waals surface area contributed by atoms with Crippen molar-refractivity contribution in [1.82, 2.24) is 5.32 Å². The Kier molecular flexibility index (Phi) is 4.43. The third kappa shape index (κ3) is 3.00. The van der Waals surface area contributed by atoms with E-state index in [1.807, 2.05) is 0 Å². The predicted molar refractivity (Wildman–Crippen MR) is 92.3 cm³/mol. The minimum Gasteiger partial charge on any atom is -0.453 e. The highest BCUT2D eigenvalue weighted by Crippen LogP contribution is 2.49. The monoisotopic (exact) mass is 431 g/mol. The molecule has 156 valence electrons. The number of methoxy groups -OCH3 is 1. The summed E-state index contributed by atoms with van der Waals surface area (Å²) >= 11 is 0. The van der Waals surface area contributed by atoms with Gasteiger partial charge in [0, 0.05) is 12.5 Å². The molecule has 4 rings (SSSR count).